The predicted octanol–water partition coefficient (Wildman–Crippen LogP) is 2.79. The SMILES string of the molecule is Cc1cccc(OC[C@H]2CCCN(C(=O)c3cc(C#N)c(=O)[nH]c3C)C2)c1. The van der Waals surface area contributed by atoms with Gasteiger partial charge in [0.15, 0.2) is 0 Å². The Balaban J connectivity index is 1.68. The zero-order chi connectivity index (χ0) is 19.4. The first-order chi connectivity index (χ1) is 13.0. The van der Waals surface area contributed by atoms with Crippen LogP contribution in [0.1, 0.15) is 40.0 Å². The van der Waals surface area contributed by atoms with Crippen LogP contribution in [0.5, 0.6) is 5.75 Å². The van der Waals surface area contributed by atoms with Crippen molar-refractivity contribution in [3.8, 4) is 11.8 Å². The third-order valence-corrected chi connectivity index (χ3v) is 4.87. The van der Waals surface area contributed by atoms with Crippen molar-refractivity contribution >= 4 is 5.91 Å². The quantitative estimate of drug-likeness (QED) is 0.903. The summed E-state index contributed by atoms with van der Waals surface area (Å²) < 4.78 is 5.91. The molecule has 27 heavy (non-hydrogen) atoms. The monoisotopic (exact) mass is 365 g/mol. The molecule has 1 aliphatic rings. The summed E-state index contributed by atoms with van der Waals surface area (Å²) in [7, 11) is 0. The molecule has 3 rings (SSSR count). The molecule has 0 saturated carbocycles. The molecule has 1 N–H and O–H groups in total. The number of amides is 1. The maximum Gasteiger partial charge on any atom is 0.266 e. The van der Waals surface area contributed by atoms with E-state index in [4.69, 9.17) is 10.00 Å². The number of carbonyl (C=O) groups is 1. The van der Waals surface area contributed by atoms with Gasteiger partial charge in [0.2, 0.25) is 0 Å². The highest BCUT2D eigenvalue weighted by Gasteiger charge is 2.26. The number of nitrogens with one attached hydrogen (secondary N) is 1. The number of likely N-dealkylation sites (tertiary alicyclic amines) is 1. The molecule has 6 heteroatoms. The van der Waals surface area contributed by atoms with E-state index in [9.17, 15) is 9.59 Å². The number of hydrogen-bond donors (Lipinski definition) is 1. The van der Waals surface area contributed by atoms with Gasteiger partial charge >= 0.3 is 0 Å². The van der Waals surface area contributed by atoms with Gasteiger partial charge in [0.05, 0.1) is 12.2 Å². The lowest BCUT2D eigenvalue weighted by atomic mass is 9.98. The lowest BCUT2D eigenvalue weighted by Gasteiger charge is -2.33. The number of aryl methyl sites for hydroxylation is 2. The van der Waals surface area contributed by atoms with Crippen molar-refractivity contribution in [3.05, 3.63) is 63.1 Å². The lowest BCUT2D eigenvalue weighted by molar-refractivity contribution is 0.0632. The molecular weight excluding hydrogens is 342 g/mol. The van der Waals surface area contributed by atoms with Crippen LogP contribution in [0.2, 0.25) is 0 Å². The van der Waals surface area contributed by atoms with E-state index in [1.165, 1.54) is 6.07 Å². The third-order valence-electron chi connectivity index (χ3n) is 4.87. The van der Waals surface area contributed by atoms with Gasteiger partial charge < -0.3 is 14.6 Å². The zero-order valence-corrected chi connectivity index (χ0v) is 15.6. The minimum Gasteiger partial charge on any atom is -0.493 e. The molecule has 0 spiro atoms. The zero-order valence-electron chi connectivity index (χ0n) is 15.6. The smallest absolute Gasteiger partial charge is 0.266 e. The maximum atomic E-state index is 12.9. The number of piperidine rings is 1. The minimum absolute atomic E-state index is 0.0414. The van der Waals surface area contributed by atoms with Crippen molar-refractivity contribution in [3.63, 3.8) is 0 Å². The molecule has 2 aromatic rings. The number of aromatic nitrogens is 1. The number of hydrogen-bond acceptors (Lipinski definition) is 4. The van der Waals surface area contributed by atoms with E-state index in [-0.39, 0.29) is 17.4 Å². The number of nitriles is 1. The Morgan fingerprint density at radius 3 is 2.93 bits per heavy atom. The molecule has 2 heterocycles. The van der Waals surface area contributed by atoms with Crippen LogP contribution in [0.25, 0.3) is 0 Å². The van der Waals surface area contributed by atoms with Crippen LogP contribution in [-0.4, -0.2) is 35.5 Å². The molecule has 1 atom stereocenters. The molecule has 1 saturated heterocycles. The van der Waals surface area contributed by atoms with Crippen molar-refractivity contribution in [2.24, 2.45) is 5.92 Å². The second-order valence-corrected chi connectivity index (χ2v) is 7.05. The van der Waals surface area contributed by atoms with Crippen molar-refractivity contribution in [2.75, 3.05) is 19.7 Å². The Hall–Kier alpha value is -3.07. The van der Waals surface area contributed by atoms with Crippen molar-refractivity contribution in [2.45, 2.75) is 26.7 Å². The number of aromatic amines is 1. The molecule has 140 valence electrons. The highest BCUT2D eigenvalue weighted by Crippen LogP contribution is 2.21. The van der Waals surface area contributed by atoms with Gasteiger partial charge in [-0.2, -0.15) is 5.26 Å². The van der Waals surface area contributed by atoms with Crippen LogP contribution < -0.4 is 10.3 Å². The molecule has 1 amide bonds. The third kappa shape index (κ3) is 4.37. The molecule has 1 aliphatic heterocycles. The normalized spacial score (nSPS) is 16.6. The summed E-state index contributed by atoms with van der Waals surface area (Å²) in [5.74, 6) is 0.941. The summed E-state index contributed by atoms with van der Waals surface area (Å²) in [5.41, 5.74) is 1.51. The number of benzene rings is 1. The van der Waals surface area contributed by atoms with Gasteiger partial charge in [-0.3, -0.25) is 9.59 Å². The Labute approximate surface area is 158 Å². The first-order valence-corrected chi connectivity index (χ1v) is 9.10. The number of pyridine rings is 1. The van der Waals surface area contributed by atoms with Gasteiger partial charge in [-0.15, -0.1) is 0 Å². The fourth-order valence-electron chi connectivity index (χ4n) is 3.40. The molecular formula is C21H23N3O3. The van der Waals surface area contributed by atoms with E-state index >= 15 is 0 Å². The molecule has 1 aromatic carbocycles. The van der Waals surface area contributed by atoms with Crippen molar-refractivity contribution in [1.82, 2.24) is 9.88 Å². The second kappa shape index (κ2) is 8.09. The van der Waals surface area contributed by atoms with Gasteiger partial charge in [0.25, 0.3) is 11.5 Å². The second-order valence-electron chi connectivity index (χ2n) is 7.05. The number of rotatable bonds is 4. The Bertz CT molecular complexity index is 942. The van der Waals surface area contributed by atoms with Gasteiger partial charge in [-0.1, -0.05) is 12.1 Å². The van der Waals surface area contributed by atoms with E-state index in [1.807, 2.05) is 37.3 Å². The van der Waals surface area contributed by atoms with Crippen LogP contribution in [0.4, 0.5) is 0 Å². The molecule has 1 fully saturated rings. The van der Waals surface area contributed by atoms with Crippen LogP contribution in [-0.2, 0) is 0 Å². The maximum absolute atomic E-state index is 12.9. The highest BCUT2D eigenvalue weighted by atomic mass is 16.5. The first-order valence-electron chi connectivity index (χ1n) is 9.10. The fourth-order valence-corrected chi connectivity index (χ4v) is 3.40. The number of carbonyl (C=O) groups excluding carboxylic acids is 1. The number of ether oxygens (including phenoxy) is 1. The van der Waals surface area contributed by atoms with Gasteiger partial charge in [0.1, 0.15) is 17.4 Å². The standard InChI is InChI=1S/C21H23N3O3/c1-14-5-3-7-18(9-14)27-13-16-6-4-8-24(12-16)21(26)19-10-17(11-22)20(25)23-15(19)2/h3,5,7,9-10,16H,4,6,8,12-13H2,1-2H3,(H,23,25)/t16-/m0/s1. The van der Waals surface area contributed by atoms with Crippen molar-refractivity contribution < 1.29 is 9.53 Å². The van der Waals surface area contributed by atoms with E-state index < -0.39 is 5.56 Å². The van der Waals surface area contributed by atoms with Gasteiger partial charge in [-0.05, 0) is 50.5 Å². The summed E-state index contributed by atoms with van der Waals surface area (Å²) in [4.78, 5) is 29.0. The first kappa shape index (κ1) is 18.7. The summed E-state index contributed by atoms with van der Waals surface area (Å²) in [6, 6.07) is 11.2. The Kier molecular flexibility index (Phi) is 5.60. The van der Waals surface area contributed by atoms with Crippen LogP contribution in [0.15, 0.2) is 35.1 Å². The van der Waals surface area contributed by atoms with Crippen LogP contribution in [0, 0.1) is 31.1 Å². The average molecular weight is 365 g/mol. The van der Waals surface area contributed by atoms with E-state index in [0.29, 0.717) is 31.0 Å². The average Bonchev–Trinajstić information content (AvgIpc) is 2.66. The molecule has 6 nitrogen and oxygen atoms in total. The van der Waals surface area contributed by atoms with Gasteiger partial charge in [-0.25, -0.2) is 0 Å². The summed E-state index contributed by atoms with van der Waals surface area (Å²) in [5, 5.41) is 9.05. The predicted molar refractivity (Wildman–Crippen MR) is 102 cm³/mol. The lowest BCUT2D eigenvalue weighted by Crippen LogP contribution is -2.42. The molecule has 0 aliphatic carbocycles. The van der Waals surface area contributed by atoms with Crippen molar-refractivity contribution in [1.29, 1.82) is 5.26 Å². The molecule has 0 unspecified atom stereocenters. The molecule has 1 aromatic heterocycles. The van der Waals surface area contributed by atoms with Crippen LogP contribution >= 0.6 is 0 Å². The highest BCUT2D eigenvalue weighted by molar-refractivity contribution is 5.95. The largest absolute Gasteiger partial charge is 0.493 e. The summed E-state index contributed by atoms with van der Waals surface area (Å²) in [6.45, 7) is 5.53. The van der Waals surface area contributed by atoms with E-state index in [2.05, 4.69) is 4.98 Å². The summed E-state index contributed by atoms with van der Waals surface area (Å²) >= 11 is 0. The minimum atomic E-state index is -0.463. The van der Waals surface area contributed by atoms with E-state index in [0.717, 1.165) is 24.2 Å². The number of nitrogens with zero attached hydrogens (tertiary/aromatic N) is 2. The fraction of sp³-hybridized carbons (Fsp3) is 0.381. The molecule has 0 bridgehead atoms. The topological polar surface area (TPSA) is 86.2 Å². The Morgan fingerprint density at radius 2 is 2.19 bits per heavy atom. The van der Waals surface area contributed by atoms with E-state index in [1.54, 1.807) is 11.8 Å². The van der Waals surface area contributed by atoms with Gasteiger partial charge in [0, 0.05) is 24.7 Å². The van der Waals surface area contributed by atoms with Crippen LogP contribution in [0.3, 0.4) is 0 Å². The molecule has 0 radical (unpaired) electrons. The number of H-pyrrole nitrogens is 1. The Morgan fingerprint density at radius 1 is 1.37 bits per heavy atom. The summed E-state index contributed by atoms with van der Waals surface area (Å²) in [6.07, 6.45) is 1.91.